The van der Waals surface area contributed by atoms with Gasteiger partial charge in [-0.1, -0.05) is 12.1 Å². The second-order valence-corrected chi connectivity index (χ2v) is 5.53. The molecule has 0 atom stereocenters. The van der Waals surface area contributed by atoms with Gasteiger partial charge >= 0.3 is 6.18 Å². The van der Waals surface area contributed by atoms with Gasteiger partial charge in [0.1, 0.15) is 5.75 Å². The van der Waals surface area contributed by atoms with Crippen molar-refractivity contribution < 1.29 is 23.0 Å². The summed E-state index contributed by atoms with van der Waals surface area (Å²) < 4.78 is 43.1. The van der Waals surface area contributed by atoms with E-state index >= 15 is 0 Å². The van der Waals surface area contributed by atoms with Crippen molar-refractivity contribution >= 4 is 0 Å². The minimum atomic E-state index is -4.53. The van der Waals surface area contributed by atoms with Crippen LogP contribution in [0.1, 0.15) is 31.2 Å². The van der Waals surface area contributed by atoms with Crippen LogP contribution < -0.4 is 10.1 Å². The maximum atomic E-state index is 12.7. The zero-order chi connectivity index (χ0) is 15.5. The Morgan fingerprint density at radius 3 is 2.29 bits per heavy atom. The lowest BCUT2D eigenvalue weighted by atomic mass is 9.81. The van der Waals surface area contributed by atoms with Crippen LogP contribution in [0.25, 0.3) is 0 Å². The largest absolute Gasteiger partial charge is 0.497 e. The molecule has 118 valence electrons. The molecule has 2 N–H and O–H groups in total. The molecule has 0 bridgehead atoms. The number of methoxy groups -OCH3 is 1. The van der Waals surface area contributed by atoms with E-state index in [1.807, 2.05) is 24.3 Å². The number of nitrogens with one attached hydrogen (secondary N) is 1. The third kappa shape index (κ3) is 3.89. The van der Waals surface area contributed by atoms with Crippen LogP contribution in [0.4, 0.5) is 13.2 Å². The molecule has 1 aromatic carbocycles. The first kappa shape index (κ1) is 16.1. The average molecular weight is 303 g/mol. The van der Waals surface area contributed by atoms with Crippen molar-refractivity contribution in [2.75, 3.05) is 7.11 Å². The fraction of sp³-hybridized carbons (Fsp3) is 0.600. The number of halogens is 3. The quantitative estimate of drug-likeness (QED) is 0.898. The summed E-state index contributed by atoms with van der Waals surface area (Å²) >= 11 is 0. The zero-order valence-corrected chi connectivity index (χ0v) is 11.9. The molecule has 0 radical (unpaired) electrons. The molecular formula is C15H20F3NO2. The molecule has 0 aliphatic heterocycles. The third-order valence-corrected chi connectivity index (χ3v) is 4.09. The van der Waals surface area contributed by atoms with Crippen LogP contribution in [-0.4, -0.2) is 30.0 Å². The van der Waals surface area contributed by atoms with Crippen molar-refractivity contribution in [2.24, 2.45) is 0 Å². The fourth-order valence-corrected chi connectivity index (χ4v) is 2.59. The van der Waals surface area contributed by atoms with E-state index in [2.05, 4.69) is 5.32 Å². The van der Waals surface area contributed by atoms with Gasteiger partial charge in [-0.05, 0) is 43.4 Å². The zero-order valence-electron chi connectivity index (χ0n) is 11.9. The topological polar surface area (TPSA) is 41.5 Å². The molecule has 1 aliphatic carbocycles. The van der Waals surface area contributed by atoms with Crippen molar-refractivity contribution in [2.45, 2.75) is 50.0 Å². The minimum Gasteiger partial charge on any atom is -0.497 e. The highest BCUT2D eigenvalue weighted by atomic mass is 19.4. The van der Waals surface area contributed by atoms with Crippen molar-refractivity contribution in [3.8, 4) is 5.75 Å². The van der Waals surface area contributed by atoms with Gasteiger partial charge in [0, 0.05) is 12.6 Å². The van der Waals surface area contributed by atoms with Gasteiger partial charge in [-0.2, -0.15) is 13.2 Å². The number of ether oxygens (including phenoxy) is 1. The molecule has 0 amide bonds. The molecule has 3 nitrogen and oxygen atoms in total. The van der Waals surface area contributed by atoms with Crippen LogP contribution in [-0.2, 0) is 6.54 Å². The van der Waals surface area contributed by atoms with Crippen molar-refractivity contribution in [3.05, 3.63) is 29.8 Å². The van der Waals surface area contributed by atoms with Crippen LogP contribution in [0, 0.1) is 0 Å². The maximum absolute atomic E-state index is 12.7. The van der Waals surface area contributed by atoms with Gasteiger partial charge in [0.2, 0.25) is 0 Å². The van der Waals surface area contributed by atoms with Crippen LogP contribution in [0.2, 0.25) is 0 Å². The molecule has 21 heavy (non-hydrogen) atoms. The lowest BCUT2D eigenvalue weighted by Crippen LogP contribution is -2.50. The molecule has 0 heterocycles. The van der Waals surface area contributed by atoms with E-state index in [1.165, 1.54) is 0 Å². The Hall–Kier alpha value is -1.27. The van der Waals surface area contributed by atoms with Crippen LogP contribution in [0.15, 0.2) is 24.3 Å². The summed E-state index contributed by atoms with van der Waals surface area (Å²) in [6, 6.07) is 7.54. The van der Waals surface area contributed by atoms with E-state index in [4.69, 9.17) is 4.74 Å². The van der Waals surface area contributed by atoms with Gasteiger partial charge in [-0.25, -0.2) is 0 Å². The number of benzene rings is 1. The lowest BCUT2D eigenvalue weighted by Gasteiger charge is -2.37. The van der Waals surface area contributed by atoms with Gasteiger partial charge < -0.3 is 15.2 Å². The van der Waals surface area contributed by atoms with E-state index in [0.717, 1.165) is 11.3 Å². The molecule has 1 saturated carbocycles. The second-order valence-electron chi connectivity index (χ2n) is 5.53. The summed E-state index contributed by atoms with van der Waals surface area (Å²) in [5.41, 5.74) is -1.46. The van der Waals surface area contributed by atoms with Crippen molar-refractivity contribution in [1.29, 1.82) is 0 Å². The van der Waals surface area contributed by atoms with E-state index in [1.54, 1.807) is 7.11 Å². The van der Waals surface area contributed by atoms with Gasteiger partial charge in [0.05, 0.1) is 7.11 Å². The third-order valence-electron chi connectivity index (χ3n) is 4.09. The Bertz CT molecular complexity index is 451. The maximum Gasteiger partial charge on any atom is 0.417 e. The summed E-state index contributed by atoms with van der Waals surface area (Å²) in [6.07, 6.45) is -4.36. The Labute approximate surface area is 122 Å². The van der Waals surface area contributed by atoms with E-state index in [-0.39, 0.29) is 18.9 Å². The molecule has 2 rings (SSSR count). The lowest BCUT2D eigenvalue weighted by molar-refractivity contribution is -0.270. The fourth-order valence-electron chi connectivity index (χ4n) is 2.59. The average Bonchev–Trinajstić information content (AvgIpc) is 2.46. The SMILES string of the molecule is COc1ccc(CNC2CCC(O)(C(F)(F)F)CC2)cc1. The van der Waals surface area contributed by atoms with Crippen molar-refractivity contribution in [1.82, 2.24) is 5.32 Å². The van der Waals surface area contributed by atoms with E-state index < -0.39 is 11.8 Å². The predicted molar refractivity (Wildman–Crippen MR) is 73.1 cm³/mol. The minimum absolute atomic E-state index is 0.00901. The van der Waals surface area contributed by atoms with Gasteiger partial charge in [0.25, 0.3) is 0 Å². The van der Waals surface area contributed by atoms with Crippen LogP contribution in [0.5, 0.6) is 5.75 Å². The Morgan fingerprint density at radius 2 is 1.81 bits per heavy atom. The number of rotatable bonds is 4. The van der Waals surface area contributed by atoms with Crippen LogP contribution in [0.3, 0.4) is 0 Å². The van der Waals surface area contributed by atoms with E-state index in [9.17, 15) is 18.3 Å². The molecule has 0 saturated heterocycles. The number of hydrogen-bond acceptors (Lipinski definition) is 3. The first-order chi connectivity index (χ1) is 9.84. The monoisotopic (exact) mass is 303 g/mol. The molecule has 0 aromatic heterocycles. The molecule has 0 unspecified atom stereocenters. The summed E-state index contributed by atoms with van der Waals surface area (Å²) in [7, 11) is 1.59. The molecule has 6 heteroatoms. The summed E-state index contributed by atoms with van der Waals surface area (Å²) in [5, 5.41) is 12.8. The first-order valence-electron chi connectivity index (χ1n) is 6.99. The van der Waals surface area contributed by atoms with E-state index in [0.29, 0.717) is 19.4 Å². The molecule has 1 fully saturated rings. The highest BCUT2D eigenvalue weighted by Gasteiger charge is 2.54. The highest BCUT2D eigenvalue weighted by Crippen LogP contribution is 2.41. The van der Waals surface area contributed by atoms with Gasteiger partial charge in [0.15, 0.2) is 5.60 Å². The number of hydrogen-bond donors (Lipinski definition) is 2. The number of alkyl halides is 3. The van der Waals surface area contributed by atoms with Gasteiger partial charge in [-0.15, -0.1) is 0 Å². The smallest absolute Gasteiger partial charge is 0.417 e. The normalized spacial score (nSPS) is 26.6. The predicted octanol–water partition coefficient (Wildman–Crippen LogP) is 3.02. The summed E-state index contributed by atoms with van der Waals surface area (Å²) in [5.74, 6) is 0.770. The summed E-state index contributed by atoms with van der Waals surface area (Å²) in [6.45, 7) is 0.596. The highest BCUT2D eigenvalue weighted by molar-refractivity contribution is 5.27. The standard InChI is InChI=1S/C15H20F3NO2/c1-21-13-4-2-11(3-5-13)10-19-12-6-8-14(20,9-7-12)15(16,17)18/h2-5,12,19-20H,6-10H2,1H3. The summed E-state index contributed by atoms with van der Waals surface area (Å²) in [4.78, 5) is 0. The number of aliphatic hydroxyl groups is 1. The Morgan fingerprint density at radius 1 is 1.24 bits per heavy atom. The Kier molecular flexibility index (Phi) is 4.78. The molecule has 1 aromatic rings. The Balaban J connectivity index is 1.81. The van der Waals surface area contributed by atoms with Crippen molar-refractivity contribution in [3.63, 3.8) is 0 Å². The van der Waals surface area contributed by atoms with Crippen LogP contribution >= 0.6 is 0 Å². The molecule has 1 aliphatic rings. The second kappa shape index (κ2) is 6.23. The first-order valence-corrected chi connectivity index (χ1v) is 6.99. The van der Waals surface area contributed by atoms with Gasteiger partial charge in [-0.3, -0.25) is 0 Å². The molecule has 0 spiro atoms. The molecular weight excluding hydrogens is 283 g/mol.